The topological polar surface area (TPSA) is 35.0 Å². The molecule has 2 aliphatic rings. The summed E-state index contributed by atoms with van der Waals surface area (Å²) in [7, 11) is 0. The fourth-order valence-electron chi connectivity index (χ4n) is 2.34. The lowest BCUT2D eigenvalue weighted by atomic mass is 10.3. The van der Waals surface area contributed by atoms with Crippen molar-refractivity contribution in [1.82, 2.24) is 14.9 Å². The predicted molar refractivity (Wildman–Crippen MR) is 68.1 cm³/mol. The first-order valence-electron chi connectivity index (χ1n) is 6.29. The van der Waals surface area contributed by atoms with E-state index in [2.05, 4.69) is 10.1 Å². The Morgan fingerprint density at radius 1 is 1.15 bits per heavy atom. The lowest BCUT2D eigenvalue weighted by molar-refractivity contribution is -0.247. The summed E-state index contributed by atoms with van der Waals surface area (Å²) >= 11 is 0. The average molecular weight is 285 g/mol. The minimum atomic E-state index is -4.42. The third-order valence-corrected chi connectivity index (χ3v) is 3.37. The van der Waals surface area contributed by atoms with E-state index in [1.165, 1.54) is 0 Å². The summed E-state index contributed by atoms with van der Waals surface area (Å²) in [5, 5.41) is 3.84. The maximum absolute atomic E-state index is 12.6. The van der Waals surface area contributed by atoms with Crippen LogP contribution in [0.25, 0.3) is 0 Å². The maximum atomic E-state index is 12.6. The first-order valence-corrected chi connectivity index (χ1v) is 6.29. The van der Waals surface area contributed by atoms with Gasteiger partial charge >= 0.3 is 6.30 Å². The van der Waals surface area contributed by atoms with Crippen LogP contribution >= 0.6 is 0 Å². The summed E-state index contributed by atoms with van der Waals surface area (Å²) in [4.78, 5) is 7.99. The molecule has 8 heteroatoms. The SMILES string of the molecule is Cc1cccc(N2CCN3CN(C(F)(F)F)N=C3C2)n1. The fourth-order valence-corrected chi connectivity index (χ4v) is 2.34. The zero-order valence-electron chi connectivity index (χ0n) is 10.9. The van der Waals surface area contributed by atoms with Gasteiger partial charge in [0.2, 0.25) is 0 Å². The number of fused-ring (bicyclic) bond motifs is 1. The van der Waals surface area contributed by atoms with Gasteiger partial charge in [0.05, 0.1) is 6.54 Å². The van der Waals surface area contributed by atoms with E-state index in [1.807, 2.05) is 30.0 Å². The first kappa shape index (κ1) is 13.0. The van der Waals surface area contributed by atoms with Crippen molar-refractivity contribution < 1.29 is 13.2 Å². The van der Waals surface area contributed by atoms with E-state index in [0.29, 0.717) is 25.5 Å². The molecule has 3 rings (SSSR count). The van der Waals surface area contributed by atoms with E-state index in [0.717, 1.165) is 11.5 Å². The number of aromatic nitrogens is 1. The van der Waals surface area contributed by atoms with Crippen molar-refractivity contribution in [2.75, 3.05) is 31.2 Å². The molecule has 1 aromatic rings. The van der Waals surface area contributed by atoms with E-state index in [1.54, 1.807) is 4.90 Å². The highest BCUT2D eigenvalue weighted by Gasteiger charge is 2.43. The monoisotopic (exact) mass is 285 g/mol. The third kappa shape index (κ3) is 2.37. The number of aryl methyl sites for hydroxylation is 1. The van der Waals surface area contributed by atoms with Crippen molar-refractivity contribution in [3.63, 3.8) is 0 Å². The Balaban J connectivity index is 1.78. The Morgan fingerprint density at radius 3 is 2.60 bits per heavy atom. The van der Waals surface area contributed by atoms with Gasteiger partial charge in [0, 0.05) is 18.8 Å². The molecule has 108 valence electrons. The summed E-state index contributed by atoms with van der Waals surface area (Å²) in [6.45, 7) is 3.18. The average Bonchev–Trinajstić information content (AvgIpc) is 2.81. The van der Waals surface area contributed by atoms with Crippen LogP contribution in [0.15, 0.2) is 23.3 Å². The second-order valence-electron chi connectivity index (χ2n) is 4.85. The zero-order valence-corrected chi connectivity index (χ0v) is 10.9. The molecule has 0 bridgehead atoms. The van der Waals surface area contributed by atoms with Gasteiger partial charge in [0.15, 0.2) is 0 Å². The van der Waals surface area contributed by atoms with Gasteiger partial charge in [-0.3, -0.25) is 0 Å². The fraction of sp³-hybridized carbons (Fsp3) is 0.500. The van der Waals surface area contributed by atoms with E-state index >= 15 is 0 Å². The minimum Gasteiger partial charge on any atom is -0.347 e. The Hall–Kier alpha value is -1.99. The summed E-state index contributed by atoms with van der Waals surface area (Å²) in [6.07, 6.45) is -4.42. The standard InChI is InChI=1S/C12H14F3N5/c1-9-3-2-4-10(16-9)18-5-6-19-8-20(12(13,14)15)17-11(19)7-18/h2-4H,5-8H2,1H3. The number of alkyl halides is 3. The second-order valence-corrected chi connectivity index (χ2v) is 4.85. The van der Waals surface area contributed by atoms with Crippen LogP contribution < -0.4 is 4.90 Å². The highest BCUT2D eigenvalue weighted by Crippen LogP contribution is 2.27. The first-order chi connectivity index (χ1) is 9.43. The molecule has 0 N–H and O–H groups in total. The lowest BCUT2D eigenvalue weighted by Gasteiger charge is -2.34. The van der Waals surface area contributed by atoms with Crippen LogP contribution in [0.2, 0.25) is 0 Å². The van der Waals surface area contributed by atoms with Gasteiger partial charge < -0.3 is 9.80 Å². The summed E-state index contributed by atoms with van der Waals surface area (Å²) in [6, 6.07) is 5.64. The summed E-state index contributed by atoms with van der Waals surface area (Å²) in [5.74, 6) is 1.22. The number of anilines is 1. The number of hydrazone groups is 1. The summed E-state index contributed by atoms with van der Waals surface area (Å²) in [5.41, 5.74) is 0.884. The van der Waals surface area contributed by atoms with Crippen LogP contribution in [0.3, 0.4) is 0 Å². The Labute approximate surface area is 114 Å². The van der Waals surface area contributed by atoms with Crippen molar-refractivity contribution in [3.05, 3.63) is 23.9 Å². The van der Waals surface area contributed by atoms with Gasteiger partial charge in [-0.15, -0.1) is 13.2 Å². The Kier molecular flexibility index (Phi) is 2.95. The molecule has 0 aromatic carbocycles. The molecule has 0 atom stereocenters. The molecule has 0 radical (unpaired) electrons. The number of nitrogens with zero attached hydrogens (tertiary/aromatic N) is 5. The molecule has 1 saturated heterocycles. The van der Waals surface area contributed by atoms with Crippen molar-refractivity contribution in [1.29, 1.82) is 0 Å². The van der Waals surface area contributed by atoms with Crippen molar-refractivity contribution in [2.45, 2.75) is 13.2 Å². The molecule has 0 saturated carbocycles. The lowest BCUT2D eigenvalue weighted by Crippen LogP contribution is -2.49. The van der Waals surface area contributed by atoms with Gasteiger partial charge in [-0.05, 0) is 19.1 Å². The third-order valence-electron chi connectivity index (χ3n) is 3.37. The van der Waals surface area contributed by atoms with Crippen LogP contribution in [0.5, 0.6) is 0 Å². The minimum absolute atomic E-state index is 0.176. The summed E-state index contributed by atoms with van der Waals surface area (Å²) < 4.78 is 37.9. The van der Waals surface area contributed by atoms with Crippen molar-refractivity contribution in [2.24, 2.45) is 5.10 Å². The highest BCUT2D eigenvalue weighted by molar-refractivity contribution is 5.88. The molecule has 2 aliphatic heterocycles. The Bertz CT molecular complexity index is 542. The number of hydrogen-bond acceptors (Lipinski definition) is 5. The van der Waals surface area contributed by atoms with Crippen LogP contribution in [0.4, 0.5) is 19.0 Å². The van der Waals surface area contributed by atoms with Crippen molar-refractivity contribution in [3.8, 4) is 0 Å². The largest absolute Gasteiger partial charge is 0.502 e. The highest BCUT2D eigenvalue weighted by atomic mass is 19.4. The van der Waals surface area contributed by atoms with Gasteiger partial charge in [0.1, 0.15) is 18.3 Å². The molecule has 0 aliphatic carbocycles. The van der Waals surface area contributed by atoms with E-state index in [-0.39, 0.29) is 11.7 Å². The quantitative estimate of drug-likeness (QED) is 0.734. The van der Waals surface area contributed by atoms with Gasteiger partial charge in [0.25, 0.3) is 0 Å². The number of amidine groups is 1. The van der Waals surface area contributed by atoms with E-state index in [9.17, 15) is 13.2 Å². The molecule has 0 amide bonds. The van der Waals surface area contributed by atoms with E-state index in [4.69, 9.17) is 0 Å². The number of rotatable bonds is 1. The molecule has 0 unspecified atom stereocenters. The van der Waals surface area contributed by atoms with Crippen LogP contribution in [0.1, 0.15) is 5.69 Å². The molecular weight excluding hydrogens is 271 g/mol. The molecule has 3 heterocycles. The molecular formula is C12H14F3N5. The molecule has 1 aromatic heterocycles. The van der Waals surface area contributed by atoms with Crippen LogP contribution in [0, 0.1) is 6.92 Å². The van der Waals surface area contributed by atoms with Gasteiger partial charge in [-0.2, -0.15) is 10.1 Å². The number of pyridine rings is 1. The number of halogens is 3. The molecule has 5 nitrogen and oxygen atoms in total. The van der Waals surface area contributed by atoms with Crippen molar-refractivity contribution >= 4 is 11.7 Å². The van der Waals surface area contributed by atoms with Gasteiger partial charge in [-0.1, -0.05) is 6.07 Å². The zero-order chi connectivity index (χ0) is 14.3. The van der Waals surface area contributed by atoms with E-state index < -0.39 is 6.30 Å². The normalized spacial score (nSPS) is 19.2. The predicted octanol–water partition coefficient (Wildman–Crippen LogP) is 1.62. The number of hydrogen-bond donors (Lipinski definition) is 0. The van der Waals surface area contributed by atoms with Crippen LogP contribution in [-0.2, 0) is 0 Å². The van der Waals surface area contributed by atoms with Crippen LogP contribution in [-0.4, -0.2) is 53.3 Å². The number of piperazine rings is 1. The second kappa shape index (κ2) is 4.53. The molecule has 0 spiro atoms. The maximum Gasteiger partial charge on any atom is 0.502 e. The Morgan fingerprint density at radius 2 is 1.90 bits per heavy atom. The van der Waals surface area contributed by atoms with Gasteiger partial charge in [-0.25, -0.2) is 4.98 Å². The molecule has 20 heavy (non-hydrogen) atoms. The smallest absolute Gasteiger partial charge is 0.347 e. The molecule has 1 fully saturated rings.